The number of rotatable bonds is 6. The van der Waals surface area contributed by atoms with Gasteiger partial charge in [0.1, 0.15) is 0 Å². The average molecular weight is 242 g/mol. The van der Waals surface area contributed by atoms with Gasteiger partial charge in [-0.2, -0.15) is 0 Å². The van der Waals surface area contributed by atoms with Gasteiger partial charge in [0.25, 0.3) is 0 Å². The maximum atomic E-state index is 6.13. The van der Waals surface area contributed by atoms with Crippen LogP contribution in [0.5, 0.6) is 0 Å². The Balaban J connectivity index is 2.66. The lowest BCUT2D eigenvalue weighted by Gasteiger charge is -2.40. The third-order valence-corrected chi connectivity index (χ3v) is 10.1. The Kier molecular flexibility index (Phi) is 6.05. The first kappa shape index (κ1) is 14.2. The van der Waals surface area contributed by atoms with Crippen LogP contribution in [-0.2, 0) is 4.43 Å². The summed E-state index contributed by atoms with van der Waals surface area (Å²) < 4.78 is 6.13. The summed E-state index contributed by atoms with van der Waals surface area (Å²) in [6.45, 7) is 7.05. The molecule has 0 heterocycles. The van der Waals surface area contributed by atoms with E-state index in [-0.39, 0.29) is 0 Å². The quantitative estimate of drug-likeness (QED) is 0.597. The standard InChI is InChI=1S/C14H30OSi/c1-5-11-16(15-4,12-6-2)14-9-7-13(3)8-10-14/h13-14H,5-12H2,1-4H3. The molecule has 0 aromatic rings. The normalized spacial score (nSPS) is 27.0. The van der Waals surface area contributed by atoms with Crippen LogP contribution in [0, 0.1) is 5.92 Å². The lowest BCUT2D eigenvalue weighted by Crippen LogP contribution is -2.43. The van der Waals surface area contributed by atoms with Crippen LogP contribution in [0.25, 0.3) is 0 Å². The highest BCUT2D eigenvalue weighted by atomic mass is 28.4. The minimum absolute atomic E-state index is 0.952. The molecular formula is C14H30OSi. The summed E-state index contributed by atoms with van der Waals surface area (Å²) in [5.41, 5.74) is 0.952. The van der Waals surface area contributed by atoms with E-state index in [1.54, 1.807) is 0 Å². The summed E-state index contributed by atoms with van der Waals surface area (Å²) >= 11 is 0. The van der Waals surface area contributed by atoms with Crippen molar-refractivity contribution in [1.82, 2.24) is 0 Å². The molecule has 1 aliphatic rings. The van der Waals surface area contributed by atoms with Crippen molar-refractivity contribution in [2.45, 2.75) is 76.9 Å². The van der Waals surface area contributed by atoms with Crippen molar-refractivity contribution in [3.8, 4) is 0 Å². The molecule has 0 unspecified atom stereocenters. The van der Waals surface area contributed by atoms with E-state index in [9.17, 15) is 0 Å². The molecule has 0 aromatic heterocycles. The van der Waals surface area contributed by atoms with Gasteiger partial charge in [-0.15, -0.1) is 0 Å². The SMILES string of the molecule is CCC[Si](CCC)(OC)C1CCC(C)CC1. The van der Waals surface area contributed by atoms with Crippen LogP contribution in [0.3, 0.4) is 0 Å². The molecule has 1 fully saturated rings. The van der Waals surface area contributed by atoms with Crippen molar-refractivity contribution < 1.29 is 4.43 Å². The minimum atomic E-state index is -1.40. The van der Waals surface area contributed by atoms with E-state index >= 15 is 0 Å². The Labute approximate surface area is 103 Å². The van der Waals surface area contributed by atoms with Gasteiger partial charge < -0.3 is 4.43 Å². The topological polar surface area (TPSA) is 9.23 Å². The second kappa shape index (κ2) is 6.80. The van der Waals surface area contributed by atoms with E-state index in [1.165, 1.54) is 50.6 Å². The lowest BCUT2D eigenvalue weighted by atomic mass is 9.90. The first-order chi connectivity index (χ1) is 7.68. The predicted octanol–water partition coefficient (Wildman–Crippen LogP) is 4.98. The van der Waals surface area contributed by atoms with E-state index in [0.29, 0.717) is 0 Å². The zero-order valence-corrected chi connectivity index (χ0v) is 12.7. The third-order valence-electron chi connectivity index (χ3n) is 4.51. The molecule has 0 spiro atoms. The lowest BCUT2D eigenvalue weighted by molar-refractivity contribution is 0.319. The molecule has 96 valence electrons. The molecule has 1 nitrogen and oxygen atoms in total. The van der Waals surface area contributed by atoms with Gasteiger partial charge in [-0.3, -0.25) is 0 Å². The highest BCUT2D eigenvalue weighted by Gasteiger charge is 2.41. The van der Waals surface area contributed by atoms with Crippen molar-refractivity contribution >= 4 is 8.32 Å². The monoisotopic (exact) mass is 242 g/mol. The van der Waals surface area contributed by atoms with Crippen molar-refractivity contribution in [2.24, 2.45) is 5.92 Å². The molecular weight excluding hydrogens is 212 g/mol. The minimum Gasteiger partial charge on any atom is -0.420 e. The van der Waals surface area contributed by atoms with Crippen LogP contribution in [-0.4, -0.2) is 15.4 Å². The van der Waals surface area contributed by atoms with E-state index < -0.39 is 8.32 Å². The average Bonchev–Trinajstić information content (AvgIpc) is 2.29. The fraction of sp³-hybridized carbons (Fsp3) is 1.00. The fourth-order valence-corrected chi connectivity index (χ4v) is 8.42. The molecule has 16 heavy (non-hydrogen) atoms. The molecule has 0 bridgehead atoms. The molecule has 0 amide bonds. The number of hydrogen-bond acceptors (Lipinski definition) is 1. The molecule has 0 atom stereocenters. The molecule has 1 aliphatic carbocycles. The first-order valence-corrected chi connectivity index (χ1v) is 9.63. The van der Waals surface area contributed by atoms with E-state index in [4.69, 9.17) is 4.43 Å². The Morgan fingerprint density at radius 3 is 1.88 bits per heavy atom. The van der Waals surface area contributed by atoms with Gasteiger partial charge >= 0.3 is 0 Å². The van der Waals surface area contributed by atoms with Crippen LogP contribution < -0.4 is 0 Å². The van der Waals surface area contributed by atoms with Gasteiger partial charge in [0.05, 0.1) is 0 Å². The first-order valence-electron chi connectivity index (χ1n) is 7.23. The highest BCUT2D eigenvalue weighted by Crippen LogP contribution is 2.44. The maximum absolute atomic E-state index is 6.13. The second-order valence-electron chi connectivity index (χ2n) is 5.73. The summed E-state index contributed by atoms with van der Waals surface area (Å²) in [6, 6.07) is 2.77. The molecule has 0 aliphatic heterocycles. The highest BCUT2D eigenvalue weighted by molar-refractivity contribution is 6.75. The molecule has 0 aromatic carbocycles. The summed E-state index contributed by atoms with van der Waals surface area (Å²) in [5.74, 6) is 0.961. The smallest absolute Gasteiger partial charge is 0.195 e. The van der Waals surface area contributed by atoms with Crippen molar-refractivity contribution in [3.63, 3.8) is 0 Å². The van der Waals surface area contributed by atoms with Crippen LogP contribution in [0.2, 0.25) is 17.6 Å². The molecule has 0 N–H and O–H groups in total. The van der Waals surface area contributed by atoms with Gasteiger partial charge in [0, 0.05) is 7.11 Å². The molecule has 0 saturated heterocycles. The van der Waals surface area contributed by atoms with Gasteiger partial charge in [0.2, 0.25) is 0 Å². The van der Waals surface area contributed by atoms with Crippen molar-refractivity contribution in [1.29, 1.82) is 0 Å². The molecule has 2 heteroatoms. The second-order valence-corrected chi connectivity index (χ2v) is 10.1. The number of hydrogen-bond donors (Lipinski definition) is 0. The van der Waals surface area contributed by atoms with Crippen molar-refractivity contribution in [2.75, 3.05) is 7.11 Å². The summed E-state index contributed by atoms with van der Waals surface area (Å²) in [6.07, 6.45) is 8.40. The van der Waals surface area contributed by atoms with E-state index in [1.807, 2.05) is 7.11 Å². The molecule has 1 saturated carbocycles. The summed E-state index contributed by atoms with van der Waals surface area (Å²) in [7, 11) is 0.597. The van der Waals surface area contributed by atoms with E-state index in [2.05, 4.69) is 20.8 Å². The van der Waals surface area contributed by atoms with Crippen LogP contribution in [0.4, 0.5) is 0 Å². The van der Waals surface area contributed by atoms with Crippen molar-refractivity contribution in [3.05, 3.63) is 0 Å². The van der Waals surface area contributed by atoms with Crippen LogP contribution in [0.15, 0.2) is 0 Å². The Bertz CT molecular complexity index is 179. The van der Waals surface area contributed by atoms with Gasteiger partial charge in [-0.1, -0.05) is 59.3 Å². The van der Waals surface area contributed by atoms with Crippen LogP contribution in [0.1, 0.15) is 59.3 Å². The Morgan fingerprint density at radius 2 is 1.50 bits per heavy atom. The summed E-state index contributed by atoms with van der Waals surface area (Å²) in [5, 5.41) is 0. The van der Waals surface area contributed by atoms with Gasteiger partial charge in [-0.05, 0) is 23.5 Å². The largest absolute Gasteiger partial charge is 0.420 e. The summed E-state index contributed by atoms with van der Waals surface area (Å²) in [4.78, 5) is 0. The van der Waals surface area contributed by atoms with Gasteiger partial charge in [0.15, 0.2) is 8.32 Å². The maximum Gasteiger partial charge on any atom is 0.195 e. The van der Waals surface area contributed by atoms with Gasteiger partial charge in [-0.25, -0.2) is 0 Å². The van der Waals surface area contributed by atoms with E-state index in [0.717, 1.165) is 11.5 Å². The van der Waals surface area contributed by atoms with Crippen LogP contribution >= 0.6 is 0 Å². The molecule has 0 radical (unpaired) electrons. The molecule has 1 rings (SSSR count). The fourth-order valence-electron chi connectivity index (χ4n) is 3.54. The Morgan fingerprint density at radius 1 is 1.00 bits per heavy atom. The predicted molar refractivity (Wildman–Crippen MR) is 74.3 cm³/mol. The zero-order valence-electron chi connectivity index (χ0n) is 11.7. The zero-order chi connectivity index (χ0) is 12.0. The Hall–Kier alpha value is 0.177. The third kappa shape index (κ3) is 3.33.